The summed E-state index contributed by atoms with van der Waals surface area (Å²) in [7, 11) is 0. The molecule has 6 heteroatoms. The smallest absolute Gasteiger partial charge is 0.320 e. The van der Waals surface area contributed by atoms with Gasteiger partial charge >= 0.3 is 6.18 Å². The van der Waals surface area contributed by atoms with Crippen LogP contribution in [0.2, 0.25) is 0 Å². The Bertz CT molecular complexity index is 534. The third kappa shape index (κ3) is 2.54. The Labute approximate surface area is 105 Å². The van der Waals surface area contributed by atoms with E-state index in [1.165, 1.54) is 11.3 Å². The maximum atomic E-state index is 13.6. The van der Waals surface area contributed by atoms with Gasteiger partial charge in [0.15, 0.2) is 0 Å². The van der Waals surface area contributed by atoms with E-state index in [1.54, 1.807) is 16.8 Å². The maximum absolute atomic E-state index is 13.6. The quantitative estimate of drug-likeness (QED) is 0.825. The monoisotopic (exact) mass is 275 g/mol. The van der Waals surface area contributed by atoms with Crippen molar-refractivity contribution in [3.8, 4) is 0 Å². The van der Waals surface area contributed by atoms with Crippen molar-refractivity contribution in [2.24, 2.45) is 5.73 Å². The van der Waals surface area contributed by atoms with Gasteiger partial charge in [-0.05, 0) is 34.5 Å². The first kappa shape index (κ1) is 13.0. The van der Waals surface area contributed by atoms with E-state index in [-0.39, 0.29) is 5.56 Å². The third-order valence-electron chi connectivity index (χ3n) is 2.57. The van der Waals surface area contributed by atoms with Crippen LogP contribution in [0.4, 0.5) is 17.6 Å². The van der Waals surface area contributed by atoms with Crippen molar-refractivity contribution in [1.82, 2.24) is 0 Å². The molecule has 2 rings (SSSR count). The normalized spacial score (nSPS) is 13.6. The summed E-state index contributed by atoms with van der Waals surface area (Å²) < 4.78 is 50.8. The fourth-order valence-corrected chi connectivity index (χ4v) is 2.28. The maximum Gasteiger partial charge on any atom is 0.416 e. The predicted molar refractivity (Wildman–Crippen MR) is 61.8 cm³/mol. The Morgan fingerprint density at radius 3 is 2.39 bits per heavy atom. The molecule has 18 heavy (non-hydrogen) atoms. The van der Waals surface area contributed by atoms with Crippen LogP contribution in [-0.2, 0) is 6.18 Å². The number of rotatable bonds is 2. The molecule has 0 bridgehead atoms. The SMILES string of the molecule is N[C@@H](c1ccsc1)c1ccc(C(F)(F)F)cc1F. The van der Waals surface area contributed by atoms with Crippen molar-refractivity contribution in [2.75, 3.05) is 0 Å². The molecule has 96 valence electrons. The van der Waals surface area contributed by atoms with E-state index in [1.807, 2.05) is 0 Å². The number of hydrogen-bond acceptors (Lipinski definition) is 2. The molecule has 0 aliphatic carbocycles. The highest BCUT2D eigenvalue weighted by Gasteiger charge is 2.31. The minimum atomic E-state index is -4.55. The molecule has 0 amide bonds. The number of alkyl halides is 3. The van der Waals surface area contributed by atoms with Crippen molar-refractivity contribution >= 4 is 11.3 Å². The number of hydrogen-bond donors (Lipinski definition) is 1. The van der Waals surface area contributed by atoms with Gasteiger partial charge in [-0.15, -0.1) is 0 Å². The Hall–Kier alpha value is -1.40. The molecule has 0 radical (unpaired) electrons. The molecular formula is C12H9F4NS. The number of thiophene rings is 1. The zero-order valence-electron chi connectivity index (χ0n) is 9.04. The van der Waals surface area contributed by atoms with E-state index in [0.29, 0.717) is 11.6 Å². The Morgan fingerprint density at radius 2 is 1.89 bits per heavy atom. The zero-order chi connectivity index (χ0) is 13.3. The van der Waals surface area contributed by atoms with Gasteiger partial charge in [-0.3, -0.25) is 0 Å². The minimum absolute atomic E-state index is 0.0569. The molecule has 2 aromatic rings. The Balaban J connectivity index is 2.36. The van der Waals surface area contributed by atoms with E-state index in [4.69, 9.17) is 5.73 Å². The summed E-state index contributed by atoms with van der Waals surface area (Å²) in [5.41, 5.74) is 5.53. The summed E-state index contributed by atoms with van der Waals surface area (Å²) in [4.78, 5) is 0. The molecule has 1 aromatic heterocycles. The predicted octanol–water partition coefficient (Wildman–Crippen LogP) is 3.95. The summed E-state index contributed by atoms with van der Waals surface area (Å²) >= 11 is 1.39. The fraction of sp³-hybridized carbons (Fsp3) is 0.167. The van der Waals surface area contributed by atoms with Gasteiger partial charge in [0.25, 0.3) is 0 Å². The van der Waals surface area contributed by atoms with Crippen molar-refractivity contribution in [3.63, 3.8) is 0 Å². The first-order valence-corrected chi connectivity index (χ1v) is 5.98. The molecule has 1 atom stereocenters. The van der Waals surface area contributed by atoms with Gasteiger partial charge in [-0.1, -0.05) is 6.07 Å². The van der Waals surface area contributed by atoms with Crippen molar-refractivity contribution in [2.45, 2.75) is 12.2 Å². The first-order valence-electron chi connectivity index (χ1n) is 5.04. The molecule has 0 unspecified atom stereocenters. The average Bonchev–Trinajstić information content (AvgIpc) is 2.80. The summed E-state index contributed by atoms with van der Waals surface area (Å²) in [6.45, 7) is 0. The van der Waals surface area contributed by atoms with Crippen LogP contribution >= 0.6 is 11.3 Å². The highest BCUT2D eigenvalue weighted by atomic mass is 32.1. The number of benzene rings is 1. The molecule has 1 heterocycles. The Morgan fingerprint density at radius 1 is 1.17 bits per heavy atom. The first-order chi connectivity index (χ1) is 8.39. The summed E-state index contributed by atoms with van der Waals surface area (Å²) in [6.07, 6.45) is -4.55. The van der Waals surface area contributed by atoms with Crippen molar-refractivity contribution in [3.05, 3.63) is 57.5 Å². The fourth-order valence-electron chi connectivity index (χ4n) is 1.59. The van der Waals surface area contributed by atoms with Gasteiger partial charge in [0.2, 0.25) is 0 Å². The van der Waals surface area contributed by atoms with Gasteiger partial charge in [0.1, 0.15) is 5.82 Å². The highest BCUT2D eigenvalue weighted by molar-refractivity contribution is 7.08. The molecule has 0 saturated heterocycles. The van der Waals surface area contributed by atoms with Crippen molar-refractivity contribution < 1.29 is 17.6 Å². The molecule has 0 fully saturated rings. The lowest BCUT2D eigenvalue weighted by atomic mass is 10.00. The third-order valence-corrected chi connectivity index (χ3v) is 3.27. The van der Waals surface area contributed by atoms with Gasteiger partial charge in [0, 0.05) is 5.56 Å². The lowest BCUT2D eigenvalue weighted by Gasteiger charge is -2.13. The molecule has 0 aliphatic heterocycles. The Kier molecular flexibility index (Phi) is 3.41. The van der Waals surface area contributed by atoms with Crippen LogP contribution in [-0.4, -0.2) is 0 Å². The van der Waals surface area contributed by atoms with Gasteiger partial charge in [0.05, 0.1) is 11.6 Å². The molecule has 2 N–H and O–H groups in total. The van der Waals surface area contributed by atoms with Crippen LogP contribution in [0.1, 0.15) is 22.7 Å². The molecule has 1 aromatic carbocycles. The summed E-state index contributed by atoms with van der Waals surface area (Å²) in [5.74, 6) is -0.941. The van der Waals surface area contributed by atoms with Gasteiger partial charge in [-0.2, -0.15) is 24.5 Å². The highest BCUT2D eigenvalue weighted by Crippen LogP contribution is 2.32. The van der Waals surface area contributed by atoms with E-state index < -0.39 is 23.6 Å². The molecular weight excluding hydrogens is 266 g/mol. The van der Waals surface area contributed by atoms with E-state index in [2.05, 4.69) is 0 Å². The molecule has 0 saturated carbocycles. The minimum Gasteiger partial charge on any atom is -0.320 e. The average molecular weight is 275 g/mol. The topological polar surface area (TPSA) is 26.0 Å². The van der Waals surface area contributed by atoms with Crippen LogP contribution in [0.3, 0.4) is 0 Å². The number of nitrogens with two attached hydrogens (primary N) is 1. The second-order valence-corrected chi connectivity index (χ2v) is 4.55. The van der Waals surface area contributed by atoms with E-state index in [0.717, 1.165) is 12.1 Å². The summed E-state index contributed by atoms with van der Waals surface area (Å²) in [5, 5.41) is 3.51. The zero-order valence-corrected chi connectivity index (χ0v) is 9.86. The summed E-state index contributed by atoms with van der Waals surface area (Å²) in [6, 6.07) is 3.36. The molecule has 0 aliphatic rings. The second-order valence-electron chi connectivity index (χ2n) is 3.77. The lowest BCUT2D eigenvalue weighted by Crippen LogP contribution is -2.14. The van der Waals surface area contributed by atoms with Crippen LogP contribution in [0, 0.1) is 5.82 Å². The van der Waals surface area contributed by atoms with Crippen LogP contribution in [0.5, 0.6) is 0 Å². The van der Waals surface area contributed by atoms with Crippen LogP contribution in [0.15, 0.2) is 35.0 Å². The largest absolute Gasteiger partial charge is 0.416 e. The molecule has 1 nitrogen and oxygen atoms in total. The van der Waals surface area contributed by atoms with Crippen LogP contribution < -0.4 is 5.73 Å². The van der Waals surface area contributed by atoms with E-state index in [9.17, 15) is 17.6 Å². The van der Waals surface area contributed by atoms with Crippen LogP contribution in [0.25, 0.3) is 0 Å². The number of halogens is 4. The standard InChI is InChI=1S/C12H9F4NS/c13-10-5-8(12(14,15)16)1-2-9(10)11(17)7-3-4-18-6-7/h1-6,11H,17H2/t11-/m0/s1. The lowest BCUT2D eigenvalue weighted by molar-refractivity contribution is -0.137. The molecule has 0 spiro atoms. The van der Waals surface area contributed by atoms with Crippen molar-refractivity contribution in [1.29, 1.82) is 0 Å². The van der Waals surface area contributed by atoms with Gasteiger partial charge in [-0.25, -0.2) is 4.39 Å². The van der Waals surface area contributed by atoms with Gasteiger partial charge < -0.3 is 5.73 Å². The second kappa shape index (κ2) is 4.70. The van der Waals surface area contributed by atoms with E-state index >= 15 is 0 Å².